The summed E-state index contributed by atoms with van der Waals surface area (Å²) in [4.78, 5) is 5.03. The highest BCUT2D eigenvalue weighted by Gasteiger charge is 2.14. The van der Waals surface area contributed by atoms with Crippen molar-refractivity contribution in [2.75, 3.05) is 12.8 Å². The molecule has 0 saturated heterocycles. The van der Waals surface area contributed by atoms with Crippen molar-refractivity contribution in [2.45, 2.75) is 21.1 Å². The van der Waals surface area contributed by atoms with Crippen molar-refractivity contribution in [3.05, 3.63) is 24.0 Å². The van der Waals surface area contributed by atoms with Crippen LogP contribution < -0.4 is 10.5 Å². The average Bonchev–Trinajstić information content (AvgIpc) is 2.77. The summed E-state index contributed by atoms with van der Waals surface area (Å²) in [5.41, 5.74) is 6.36. The lowest BCUT2D eigenvalue weighted by Crippen LogP contribution is -2.18. The first kappa shape index (κ1) is 14.3. The van der Waals surface area contributed by atoms with E-state index in [2.05, 4.69) is 14.1 Å². The summed E-state index contributed by atoms with van der Waals surface area (Å²) in [6, 6.07) is 4.57. The Balaban J connectivity index is 2.38. The Bertz CT molecular complexity index is 697. The molecule has 3 N–H and O–H groups in total. The Hall–Kier alpha value is -1.16. The van der Waals surface area contributed by atoms with Gasteiger partial charge in [0.1, 0.15) is 5.82 Å². The molecule has 1 aromatic heterocycles. The molecule has 9 heteroatoms. The highest BCUT2D eigenvalue weighted by atomic mass is 32.2. The van der Waals surface area contributed by atoms with Crippen molar-refractivity contribution in [3.8, 4) is 0 Å². The van der Waals surface area contributed by atoms with Gasteiger partial charge in [0.25, 0.3) is 0 Å². The first-order valence-corrected chi connectivity index (χ1v) is 8.31. The second-order valence-corrected chi connectivity index (χ2v) is 7.54. The van der Waals surface area contributed by atoms with Gasteiger partial charge in [0, 0.05) is 10.6 Å². The third-order valence-corrected chi connectivity index (χ3v) is 5.60. The SMILES string of the molecule is CNS(=O)(=O)c1ccc(N)c(Sc2nc(C)ns2)c1. The molecule has 0 spiro atoms. The van der Waals surface area contributed by atoms with Crippen LogP contribution in [-0.4, -0.2) is 24.8 Å². The predicted octanol–water partition coefficient (Wildman–Crippen LogP) is 1.49. The number of anilines is 1. The third-order valence-electron chi connectivity index (χ3n) is 2.27. The van der Waals surface area contributed by atoms with Gasteiger partial charge in [-0.25, -0.2) is 18.1 Å². The fourth-order valence-corrected chi connectivity index (χ4v) is 3.82. The number of aryl methyl sites for hydroxylation is 1. The van der Waals surface area contributed by atoms with Gasteiger partial charge in [0.15, 0.2) is 4.34 Å². The van der Waals surface area contributed by atoms with Crippen LogP contribution in [0.4, 0.5) is 5.69 Å². The zero-order valence-corrected chi connectivity index (χ0v) is 12.7. The van der Waals surface area contributed by atoms with Crippen molar-refractivity contribution >= 4 is 39.0 Å². The first-order chi connectivity index (χ1) is 8.92. The molecule has 0 amide bonds. The molecule has 0 bridgehead atoms. The first-order valence-electron chi connectivity index (χ1n) is 5.23. The molecule has 102 valence electrons. The second-order valence-electron chi connectivity index (χ2n) is 3.62. The van der Waals surface area contributed by atoms with Gasteiger partial charge >= 0.3 is 0 Å². The molecule has 19 heavy (non-hydrogen) atoms. The number of aromatic nitrogens is 2. The van der Waals surface area contributed by atoms with Crippen LogP contribution in [0.3, 0.4) is 0 Å². The minimum Gasteiger partial charge on any atom is -0.398 e. The van der Waals surface area contributed by atoms with Gasteiger partial charge in [-0.1, -0.05) is 11.8 Å². The van der Waals surface area contributed by atoms with Crippen LogP contribution >= 0.6 is 23.3 Å². The zero-order chi connectivity index (χ0) is 14.0. The Morgan fingerprint density at radius 3 is 2.74 bits per heavy atom. The van der Waals surface area contributed by atoms with Gasteiger partial charge in [0.2, 0.25) is 10.0 Å². The number of nitrogens with zero attached hydrogens (tertiary/aromatic N) is 2. The molecular weight excluding hydrogens is 304 g/mol. The summed E-state index contributed by atoms with van der Waals surface area (Å²) < 4.78 is 30.5. The van der Waals surface area contributed by atoms with Crippen molar-refractivity contribution < 1.29 is 8.42 Å². The molecule has 0 saturated carbocycles. The number of nitrogens with two attached hydrogens (primary N) is 1. The van der Waals surface area contributed by atoms with Crippen LogP contribution in [0.25, 0.3) is 0 Å². The molecule has 0 unspecified atom stereocenters. The number of hydrogen-bond donors (Lipinski definition) is 2. The number of nitrogens with one attached hydrogen (secondary N) is 1. The van der Waals surface area contributed by atoms with E-state index in [4.69, 9.17) is 5.73 Å². The van der Waals surface area contributed by atoms with Crippen LogP contribution in [0, 0.1) is 6.92 Å². The Morgan fingerprint density at radius 1 is 1.42 bits per heavy atom. The Kier molecular flexibility index (Phi) is 4.09. The Labute approximate surface area is 119 Å². The standard InChI is InChI=1S/C10H12N4O2S3/c1-6-13-10(18-14-6)17-9-5-7(3-4-8(9)11)19(15,16)12-2/h3-5,12H,11H2,1-2H3. The van der Waals surface area contributed by atoms with Gasteiger partial charge in [-0.2, -0.15) is 4.37 Å². The molecule has 1 aromatic carbocycles. The minimum atomic E-state index is -3.48. The number of benzene rings is 1. The van der Waals surface area contributed by atoms with E-state index in [1.165, 1.54) is 42.5 Å². The summed E-state index contributed by atoms with van der Waals surface area (Å²) in [7, 11) is -2.11. The summed E-state index contributed by atoms with van der Waals surface area (Å²) in [5.74, 6) is 0.685. The van der Waals surface area contributed by atoms with Gasteiger partial charge in [-0.05, 0) is 43.7 Å². The highest BCUT2D eigenvalue weighted by Crippen LogP contribution is 2.34. The van der Waals surface area contributed by atoms with E-state index in [0.717, 1.165) is 4.34 Å². The van der Waals surface area contributed by atoms with Crippen LogP contribution in [-0.2, 0) is 10.0 Å². The van der Waals surface area contributed by atoms with E-state index in [-0.39, 0.29) is 4.90 Å². The predicted molar refractivity (Wildman–Crippen MR) is 75.9 cm³/mol. The lowest BCUT2D eigenvalue weighted by Gasteiger charge is -2.07. The van der Waals surface area contributed by atoms with Crippen molar-refractivity contribution in [2.24, 2.45) is 0 Å². The van der Waals surface area contributed by atoms with E-state index >= 15 is 0 Å². The van der Waals surface area contributed by atoms with Gasteiger partial charge < -0.3 is 5.73 Å². The Morgan fingerprint density at radius 2 is 2.16 bits per heavy atom. The fraction of sp³-hybridized carbons (Fsp3) is 0.200. The molecular formula is C10H12N4O2S3. The molecule has 0 radical (unpaired) electrons. The lowest BCUT2D eigenvalue weighted by atomic mass is 10.3. The number of nitrogen functional groups attached to an aromatic ring is 1. The van der Waals surface area contributed by atoms with Crippen molar-refractivity contribution in [1.82, 2.24) is 14.1 Å². The topological polar surface area (TPSA) is 98.0 Å². The summed E-state index contributed by atoms with van der Waals surface area (Å²) in [6.07, 6.45) is 0. The summed E-state index contributed by atoms with van der Waals surface area (Å²) in [6.45, 7) is 1.80. The van der Waals surface area contributed by atoms with E-state index in [9.17, 15) is 8.42 Å². The maximum Gasteiger partial charge on any atom is 0.240 e. The number of hydrogen-bond acceptors (Lipinski definition) is 7. The number of rotatable bonds is 4. The van der Waals surface area contributed by atoms with Crippen molar-refractivity contribution in [1.29, 1.82) is 0 Å². The third kappa shape index (κ3) is 3.24. The maximum absolute atomic E-state index is 11.7. The van der Waals surface area contributed by atoms with Crippen LogP contribution in [0.5, 0.6) is 0 Å². The summed E-state index contributed by atoms with van der Waals surface area (Å²) >= 11 is 2.56. The number of sulfonamides is 1. The van der Waals surface area contributed by atoms with E-state index in [0.29, 0.717) is 16.4 Å². The zero-order valence-electron chi connectivity index (χ0n) is 10.2. The second kappa shape index (κ2) is 5.45. The van der Waals surface area contributed by atoms with E-state index < -0.39 is 10.0 Å². The van der Waals surface area contributed by atoms with Crippen LogP contribution in [0.2, 0.25) is 0 Å². The van der Waals surface area contributed by atoms with Gasteiger partial charge in [-0.3, -0.25) is 0 Å². The van der Waals surface area contributed by atoms with Crippen molar-refractivity contribution in [3.63, 3.8) is 0 Å². The van der Waals surface area contributed by atoms with Gasteiger partial charge in [0.05, 0.1) is 4.90 Å². The normalized spacial score (nSPS) is 11.7. The molecule has 0 fully saturated rings. The van der Waals surface area contributed by atoms with E-state index in [1.807, 2.05) is 0 Å². The molecule has 6 nitrogen and oxygen atoms in total. The largest absolute Gasteiger partial charge is 0.398 e. The molecule has 2 rings (SSSR count). The highest BCUT2D eigenvalue weighted by molar-refractivity contribution is 8.01. The monoisotopic (exact) mass is 316 g/mol. The maximum atomic E-state index is 11.7. The molecule has 0 aliphatic rings. The quantitative estimate of drug-likeness (QED) is 0.829. The average molecular weight is 316 g/mol. The lowest BCUT2D eigenvalue weighted by molar-refractivity contribution is 0.588. The van der Waals surface area contributed by atoms with E-state index in [1.54, 1.807) is 13.0 Å². The van der Waals surface area contributed by atoms with Gasteiger partial charge in [-0.15, -0.1) is 0 Å². The fourth-order valence-electron chi connectivity index (χ4n) is 1.30. The molecule has 0 atom stereocenters. The minimum absolute atomic E-state index is 0.174. The smallest absolute Gasteiger partial charge is 0.240 e. The molecule has 1 heterocycles. The molecule has 0 aliphatic heterocycles. The summed E-state index contributed by atoms with van der Waals surface area (Å²) in [5, 5.41) is 0. The van der Waals surface area contributed by atoms with Crippen LogP contribution in [0.15, 0.2) is 32.3 Å². The molecule has 0 aliphatic carbocycles. The molecule has 2 aromatic rings. The van der Waals surface area contributed by atoms with Crippen LogP contribution in [0.1, 0.15) is 5.82 Å².